The SMILES string of the molecule is COc1ccc2c(O[C@@H]3C[C@@H](C(=O)O)N(C(=O)[C@@H](NC(=O)OC4CCCC4)C(C)(C)C)C3)cc(-c3ccccc3)nc2c1. The highest BCUT2D eigenvalue weighted by Gasteiger charge is 2.46. The fraction of sp³-hybridized carbons (Fsp3) is 0.455. The van der Waals surface area contributed by atoms with Gasteiger partial charge in [-0.15, -0.1) is 0 Å². The number of ether oxygens (including phenoxy) is 3. The number of pyridine rings is 1. The summed E-state index contributed by atoms with van der Waals surface area (Å²) in [4.78, 5) is 45.2. The van der Waals surface area contributed by atoms with E-state index in [1.54, 1.807) is 7.11 Å². The molecule has 3 aromatic rings. The Balaban J connectivity index is 1.41. The van der Waals surface area contributed by atoms with Crippen molar-refractivity contribution in [2.24, 2.45) is 5.41 Å². The average molecular weight is 590 g/mol. The van der Waals surface area contributed by atoms with Gasteiger partial charge in [0.05, 0.1) is 24.9 Å². The van der Waals surface area contributed by atoms with Crippen LogP contribution in [0.5, 0.6) is 11.5 Å². The van der Waals surface area contributed by atoms with E-state index in [2.05, 4.69) is 5.32 Å². The number of hydrogen-bond acceptors (Lipinski definition) is 7. The monoisotopic (exact) mass is 589 g/mol. The van der Waals surface area contributed by atoms with Crippen LogP contribution in [0.3, 0.4) is 0 Å². The number of aromatic nitrogens is 1. The lowest BCUT2D eigenvalue weighted by molar-refractivity contribution is -0.150. The second kappa shape index (κ2) is 12.5. The maximum Gasteiger partial charge on any atom is 0.408 e. The highest BCUT2D eigenvalue weighted by atomic mass is 16.6. The van der Waals surface area contributed by atoms with Gasteiger partial charge in [-0.25, -0.2) is 14.6 Å². The van der Waals surface area contributed by atoms with Gasteiger partial charge in [0.2, 0.25) is 5.91 Å². The number of fused-ring (bicyclic) bond motifs is 1. The van der Waals surface area contributed by atoms with Crippen LogP contribution < -0.4 is 14.8 Å². The zero-order valence-electron chi connectivity index (χ0n) is 25.0. The molecule has 0 bridgehead atoms. The van der Waals surface area contributed by atoms with Crippen molar-refractivity contribution < 1.29 is 33.7 Å². The highest BCUT2D eigenvalue weighted by molar-refractivity contribution is 5.91. The summed E-state index contributed by atoms with van der Waals surface area (Å²) in [5, 5.41) is 13.6. The molecule has 1 aliphatic carbocycles. The summed E-state index contributed by atoms with van der Waals surface area (Å²) < 4.78 is 17.4. The lowest BCUT2D eigenvalue weighted by Gasteiger charge is -2.34. The second-order valence-corrected chi connectivity index (χ2v) is 12.3. The summed E-state index contributed by atoms with van der Waals surface area (Å²) in [6.45, 7) is 5.53. The van der Waals surface area contributed by atoms with Gasteiger partial charge in [-0.05, 0) is 43.2 Å². The smallest absolute Gasteiger partial charge is 0.408 e. The predicted molar refractivity (Wildman–Crippen MR) is 161 cm³/mol. The van der Waals surface area contributed by atoms with E-state index >= 15 is 0 Å². The molecule has 1 saturated heterocycles. The topological polar surface area (TPSA) is 127 Å². The number of carbonyl (C=O) groups excluding carboxylic acids is 2. The Hall–Kier alpha value is -4.34. The Morgan fingerprint density at radius 1 is 1.02 bits per heavy atom. The predicted octanol–water partition coefficient (Wildman–Crippen LogP) is 5.43. The molecule has 0 spiro atoms. The number of nitrogens with one attached hydrogen (secondary N) is 1. The van der Waals surface area contributed by atoms with E-state index in [1.165, 1.54) is 4.90 Å². The minimum Gasteiger partial charge on any atom is -0.497 e. The molecule has 43 heavy (non-hydrogen) atoms. The van der Waals surface area contributed by atoms with E-state index < -0.39 is 41.6 Å². The minimum absolute atomic E-state index is 0.0440. The molecule has 5 rings (SSSR count). The molecular formula is C33H39N3O7. The van der Waals surface area contributed by atoms with Crippen molar-refractivity contribution in [3.8, 4) is 22.8 Å². The molecule has 228 valence electrons. The van der Waals surface area contributed by atoms with Gasteiger partial charge in [0.15, 0.2) is 0 Å². The number of benzene rings is 2. The number of carboxylic acids is 1. The summed E-state index contributed by atoms with van der Waals surface area (Å²) in [6.07, 6.45) is 2.27. The Morgan fingerprint density at radius 3 is 2.40 bits per heavy atom. The number of hydrogen-bond donors (Lipinski definition) is 2. The zero-order valence-corrected chi connectivity index (χ0v) is 25.0. The molecule has 0 unspecified atom stereocenters. The fourth-order valence-electron chi connectivity index (χ4n) is 5.82. The van der Waals surface area contributed by atoms with Crippen molar-refractivity contribution in [2.45, 2.75) is 77.2 Å². The van der Waals surface area contributed by atoms with Crippen LogP contribution in [-0.2, 0) is 14.3 Å². The van der Waals surface area contributed by atoms with Crippen molar-refractivity contribution in [3.63, 3.8) is 0 Å². The molecule has 2 aliphatic rings. The Bertz CT molecular complexity index is 1480. The van der Waals surface area contributed by atoms with Gasteiger partial charge < -0.3 is 29.5 Å². The maximum absolute atomic E-state index is 13.9. The van der Waals surface area contributed by atoms with Crippen molar-refractivity contribution in [3.05, 3.63) is 54.6 Å². The van der Waals surface area contributed by atoms with Gasteiger partial charge in [0, 0.05) is 29.5 Å². The van der Waals surface area contributed by atoms with E-state index in [0.29, 0.717) is 22.7 Å². The van der Waals surface area contributed by atoms with Crippen LogP contribution in [0.15, 0.2) is 54.6 Å². The highest BCUT2D eigenvalue weighted by Crippen LogP contribution is 2.35. The normalized spacial score (nSPS) is 19.7. The number of carboxylic acid groups (broad SMARTS) is 1. The summed E-state index contributed by atoms with van der Waals surface area (Å²) in [5.41, 5.74) is 1.55. The first kappa shape index (κ1) is 30.1. The maximum atomic E-state index is 13.9. The van der Waals surface area contributed by atoms with Gasteiger partial charge >= 0.3 is 12.1 Å². The number of alkyl carbamates (subject to hydrolysis) is 1. The van der Waals surface area contributed by atoms with Crippen molar-refractivity contribution in [2.75, 3.05) is 13.7 Å². The first-order chi connectivity index (χ1) is 20.5. The van der Waals surface area contributed by atoms with Gasteiger partial charge in [0.1, 0.15) is 35.8 Å². The third kappa shape index (κ3) is 6.84. The molecule has 2 aromatic carbocycles. The molecule has 1 aliphatic heterocycles. The van der Waals surface area contributed by atoms with Crippen LogP contribution in [0.1, 0.15) is 52.9 Å². The molecule has 1 saturated carbocycles. The van der Waals surface area contributed by atoms with Crippen LogP contribution in [0.2, 0.25) is 0 Å². The zero-order chi connectivity index (χ0) is 30.7. The Morgan fingerprint density at radius 2 is 1.74 bits per heavy atom. The molecule has 2 N–H and O–H groups in total. The van der Waals surface area contributed by atoms with Crippen LogP contribution >= 0.6 is 0 Å². The van der Waals surface area contributed by atoms with Crippen LogP contribution in [-0.4, -0.2) is 70.9 Å². The van der Waals surface area contributed by atoms with Gasteiger partial charge in [-0.1, -0.05) is 51.1 Å². The number of methoxy groups -OCH3 is 1. The Labute approximate surface area is 251 Å². The number of nitrogens with zero attached hydrogens (tertiary/aromatic N) is 2. The van der Waals surface area contributed by atoms with E-state index in [0.717, 1.165) is 36.6 Å². The standard InChI is InChI=1S/C33H39N3O7/c1-33(2,3)29(35-32(40)43-21-12-8-9-13-21)30(37)36-19-23(17-27(36)31(38)39)42-28-18-25(20-10-6-5-7-11-20)34-26-16-22(41-4)14-15-24(26)28/h5-7,10-11,14-16,18,21,23,27,29H,8-9,12-13,17,19H2,1-4H3,(H,35,40)(H,38,39)/t23-,27+,29-/m1/s1. The largest absolute Gasteiger partial charge is 0.497 e. The number of amides is 2. The molecular weight excluding hydrogens is 550 g/mol. The van der Waals surface area contributed by atoms with E-state index in [9.17, 15) is 19.5 Å². The fourth-order valence-corrected chi connectivity index (χ4v) is 5.82. The van der Waals surface area contributed by atoms with Crippen molar-refractivity contribution >= 4 is 28.9 Å². The minimum atomic E-state index is -1.13. The second-order valence-electron chi connectivity index (χ2n) is 12.3. The first-order valence-electron chi connectivity index (χ1n) is 14.7. The molecule has 1 aromatic heterocycles. The molecule has 10 nitrogen and oxygen atoms in total. The van der Waals surface area contributed by atoms with Crippen molar-refractivity contribution in [1.29, 1.82) is 0 Å². The average Bonchev–Trinajstić information content (AvgIpc) is 3.65. The number of rotatable bonds is 8. The van der Waals surface area contributed by atoms with Gasteiger partial charge in [0.25, 0.3) is 0 Å². The molecule has 0 radical (unpaired) electrons. The summed E-state index contributed by atoms with van der Waals surface area (Å²) >= 11 is 0. The Kier molecular flexibility index (Phi) is 8.75. The summed E-state index contributed by atoms with van der Waals surface area (Å²) in [7, 11) is 1.59. The molecule has 2 amide bonds. The van der Waals surface area contributed by atoms with Crippen LogP contribution in [0, 0.1) is 5.41 Å². The van der Waals surface area contributed by atoms with Gasteiger partial charge in [-0.3, -0.25) is 4.79 Å². The third-order valence-corrected chi connectivity index (χ3v) is 8.12. The molecule has 10 heteroatoms. The number of carbonyl (C=O) groups is 3. The van der Waals surface area contributed by atoms with E-state index in [-0.39, 0.29) is 19.1 Å². The first-order valence-corrected chi connectivity index (χ1v) is 14.7. The third-order valence-electron chi connectivity index (χ3n) is 8.12. The molecule has 3 atom stereocenters. The summed E-state index contributed by atoms with van der Waals surface area (Å²) in [6, 6.07) is 14.9. The van der Waals surface area contributed by atoms with Gasteiger partial charge in [-0.2, -0.15) is 0 Å². The lowest BCUT2D eigenvalue weighted by Crippen LogP contribution is -2.57. The number of aliphatic carboxylic acids is 1. The van der Waals surface area contributed by atoms with Crippen molar-refractivity contribution in [1.82, 2.24) is 15.2 Å². The molecule has 2 fully saturated rings. The van der Waals surface area contributed by atoms with E-state index in [1.807, 2.05) is 75.4 Å². The summed E-state index contributed by atoms with van der Waals surface area (Å²) in [5.74, 6) is -0.439. The van der Waals surface area contributed by atoms with Crippen LogP contribution in [0.4, 0.5) is 4.79 Å². The van der Waals surface area contributed by atoms with E-state index in [4.69, 9.17) is 19.2 Å². The lowest BCUT2D eigenvalue weighted by atomic mass is 9.85. The quantitative estimate of drug-likeness (QED) is 0.356. The molecule has 2 heterocycles. The van der Waals surface area contributed by atoms with Crippen LogP contribution in [0.25, 0.3) is 22.2 Å². The number of likely N-dealkylation sites (tertiary alicyclic amines) is 1.